The molecule has 0 spiro atoms. The summed E-state index contributed by atoms with van der Waals surface area (Å²) in [5.41, 5.74) is 2.78. The van der Waals surface area contributed by atoms with Crippen molar-refractivity contribution in [3.63, 3.8) is 0 Å². The third-order valence-electron chi connectivity index (χ3n) is 5.99. The quantitative estimate of drug-likeness (QED) is 0.426. The molecule has 1 aromatic heterocycles. The van der Waals surface area contributed by atoms with Crippen LogP contribution in [0.3, 0.4) is 0 Å². The molecule has 0 radical (unpaired) electrons. The molecule has 7 heteroatoms. The number of methoxy groups -OCH3 is 1. The molecule has 4 aromatic rings. The Kier molecular flexibility index (Phi) is 6.63. The number of anilines is 1. The number of aryl methyl sites for hydroxylation is 1. The van der Waals surface area contributed by atoms with Gasteiger partial charge < -0.3 is 15.0 Å². The van der Waals surface area contributed by atoms with Gasteiger partial charge in [0.25, 0.3) is 5.56 Å². The summed E-state index contributed by atoms with van der Waals surface area (Å²) in [6, 6.07) is 21.4. The molecule has 0 fully saturated rings. The Balaban J connectivity index is 1.82. The van der Waals surface area contributed by atoms with E-state index < -0.39 is 6.04 Å². The molecule has 2 amide bonds. The molecule has 7 nitrogen and oxygen atoms in total. The third kappa shape index (κ3) is 4.37. The van der Waals surface area contributed by atoms with Crippen molar-refractivity contribution in [3.05, 3.63) is 94.5 Å². The van der Waals surface area contributed by atoms with Crippen LogP contribution in [0, 0.1) is 6.92 Å². The van der Waals surface area contributed by atoms with Crippen molar-refractivity contribution in [2.24, 2.45) is 0 Å². The van der Waals surface area contributed by atoms with Crippen LogP contribution in [0.2, 0.25) is 0 Å². The highest BCUT2D eigenvalue weighted by Gasteiger charge is 2.26. The molecule has 1 atom stereocenters. The molecule has 174 valence electrons. The van der Waals surface area contributed by atoms with E-state index in [0.717, 1.165) is 11.3 Å². The first-order valence-electron chi connectivity index (χ1n) is 11.2. The molecule has 0 bridgehead atoms. The molecule has 0 saturated heterocycles. The van der Waals surface area contributed by atoms with Gasteiger partial charge in [-0.25, -0.2) is 9.78 Å². The predicted octanol–water partition coefficient (Wildman–Crippen LogP) is 5.32. The van der Waals surface area contributed by atoms with Crippen LogP contribution in [-0.4, -0.2) is 34.6 Å². The number of amides is 2. The lowest BCUT2D eigenvalue weighted by Crippen LogP contribution is -2.38. The number of benzene rings is 3. The molecule has 1 heterocycles. The smallest absolute Gasteiger partial charge is 0.322 e. The second-order valence-corrected chi connectivity index (χ2v) is 8.11. The van der Waals surface area contributed by atoms with Crippen molar-refractivity contribution in [3.8, 4) is 11.4 Å². The topological polar surface area (TPSA) is 76.5 Å². The van der Waals surface area contributed by atoms with E-state index in [-0.39, 0.29) is 11.6 Å². The maximum Gasteiger partial charge on any atom is 0.322 e. The molecular formula is C27H28N4O3. The van der Waals surface area contributed by atoms with Crippen LogP contribution in [0.25, 0.3) is 16.6 Å². The van der Waals surface area contributed by atoms with Gasteiger partial charge in [0.15, 0.2) is 0 Å². The fraction of sp³-hybridized carbons (Fsp3) is 0.222. The summed E-state index contributed by atoms with van der Waals surface area (Å²) < 4.78 is 6.87. The van der Waals surface area contributed by atoms with Gasteiger partial charge in [-0.2, -0.15) is 0 Å². The van der Waals surface area contributed by atoms with Crippen LogP contribution in [0.1, 0.15) is 30.8 Å². The highest BCUT2D eigenvalue weighted by molar-refractivity contribution is 5.90. The predicted molar refractivity (Wildman–Crippen MR) is 135 cm³/mol. The number of nitrogens with one attached hydrogen (secondary N) is 1. The van der Waals surface area contributed by atoms with Crippen LogP contribution in [0.5, 0.6) is 5.75 Å². The number of ether oxygens (including phenoxy) is 1. The van der Waals surface area contributed by atoms with Gasteiger partial charge in [-0.15, -0.1) is 0 Å². The Bertz CT molecular complexity index is 1380. The lowest BCUT2D eigenvalue weighted by molar-refractivity contribution is 0.199. The molecule has 0 saturated carbocycles. The van der Waals surface area contributed by atoms with Gasteiger partial charge in [-0.3, -0.25) is 9.36 Å². The number of carbonyl (C=O) groups is 1. The Hall–Kier alpha value is -4.13. The highest BCUT2D eigenvalue weighted by Crippen LogP contribution is 2.26. The van der Waals surface area contributed by atoms with Gasteiger partial charge in [-0.05, 0) is 61.4 Å². The minimum Gasteiger partial charge on any atom is -0.497 e. The molecular weight excluding hydrogens is 428 g/mol. The van der Waals surface area contributed by atoms with Crippen LogP contribution in [0.4, 0.5) is 10.5 Å². The molecule has 34 heavy (non-hydrogen) atoms. The maximum atomic E-state index is 13.6. The Labute approximate surface area is 198 Å². The third-order valence-corrected chi connectivity index (χ3v) is 5.99. The number of hydrogen-bond acceptors (Lipinski definition) is 4. The molecule has 4 rings (SSSR count). The van der Waals surface area contributed by atoms with Gasteiger partial charge in [0.1, 0.15) is 11.6 Å². The minimum absolute atomic E-state index is 0.183. The van der Waals surface area contributed by atoms with Gasteiger partial charge in [-0.1, -0.05) is 37.3 Å². The molecule has 1 N–H and O–H groups in total. The van der Waals surface area contributed by atoms with Crippen molar-refractivity contribution in [2.45, 2.75) is 26.3 Å². The second-order valence-electron chi connectivity index (χ2n) is 8.11. The number of rotatable bonds is 6. The Morgan fingerprint density at radius 3 is 2.41 bits per heavy atom. The average Bonchev–Trinajstić information content (AvgIpc) is 2.86. The zero-order valence-corrected chi connectivity index (χ0v) is 19.8. The van der Waals surface area contributed by atoms with Crippen LogP contribution < -0.4 is 15.6 Å². The highest BCUT2D eigenvalue weighted by atomic mass is 16.5. The second kappa shape index (κ2) is 9.79. The van der Waals surface area contributed by atoms with E-state index in [4.69, 9.17) is 9.72 Å². The van der Waals surface area contributed by atoms with Crippen molar-refractivity contribution < 1.29 is 9.53 Å². The number of nitrogens with zero attached hydrogens (tertiary/aromatic N) is 3. The lowest BCUT2D eigenvalue weighted by atomic mass is 10.1. The molecule has 0 aliphatic carbocycles. The number of hydrogen-bond donors (Lipinski definition) is 1. The largest absolute Gasteiger partial charge is 0.497 e. The summed E-state index contributed by atoms with van der Waals surface area (Å²) in [7, 11) is 3.32. The average molecular weight is 457 g/mol. The van der Waals surface area contributed by atoms with Crippen LogP contribution in [-0.2, 0) is 0 Å². The summed E-state index contributed by atoms with van der Waals surface area (Å²) >= 11 is 0. The Morgan fingerprint density at radius 2 is 1.74 bits per heavy atom. The Morgan fingerprint density at radius 1 is 1.06 bits per heavy atom. The summed E-state index contributed by atoms with van der Waals surface area (Å²) in [6.45, 7) is 3.92. The first kappa shape index (κ1) is 23.0. The van der Waals surface area contributed by atoms with Gasteiger partial charge in [0, 0.05) is 12.7 Å². The standard InChI is InChI=1S/C27H28N4O3/c1-5-24(30(3)27(33)29-22-12-8-6-10-18(22)2)25-28-23-13-9-7-11-21(23)26(32)31(25)19-14-16-20(34-4)17-15-19/h6-17,24H,5H2,1-4H3,(H,29,33). The van der Waals surface area contributed by atoms with E-state index in [9.17, 15) is 9.59 Å². The van der Waals surface area contributed by atoms with Crippen LogP contribution >= 0.6 is 0 Å². The fourth-order valence-electron chi connectivity index (χ4n) is 4.04. The molecule has 0 aliphatic heterocycles. The van der Waals surface area contributed by atoms with E-state index in [2.05, 4.69) is 5.32 Å². The monoisotopic (exact) mass is 456 g/mol. The molecule has 0 aliphatic rings. The maximum absolute atomic E-state index is 13.6. The van der Waals surface area contributed by atoms with E-state index >= 15 is 0 Å². The van der Waals surface area contributed by atoms with Crippen molar-refractivity contribution in [1.82, 2.24) is 14.5 Å². The number of urea groups is 1. The number of aromatic nitrogens is 2. The zero-order chi connectivity index (χ0) is 24.2. The SMILES string of the molecule is CCC(c1nc2ccccc2c(=O)n1-c1ccc(OC)cc1)N(C)C(=O)Nc1ccccc1C. The number of carbonyl (C=O) groups excluding carboxylic acids is 1. The van der Waals surface area contributed by atoms with Gasteiger partial charge in [0.05, 0.1) is 29.7 Å². The molecule has 3 aromatic carbocycles. The summed E-state index contributed by atoms with van der Waals surface area (Å²) in [4.78, 5) is 33.3. The van der Waals surface area contributed by atoms with Crippen LogP contribution in [0.15, 0.2) is 77.6 Å². The first-order valence-corrected chi connectivity index (χ1v) is 11.2. The van der Waals surface area contributed by atoms with E-state index in [1.807, 2.05) is 68.4 Å². The normalized spacial score (nSPS) is 11.8. The van der Waals surface area contributed by atoms with E-state index in [1.54, 1.807) is 41.8 Å². The van der Waals surface area contributed by atoms with Gasteiger partial charge in [0.2, 0.25) is 0 Å². The minimum atomic E-state index is -0.441. The zero-order valence-electron chi connectivity index (χ0n) is 19.8. The van der Waals surface area contributed by atoms with Crippen molar-refractivity contribution in [1.29, 1.82) is 0 Å². The van der Waals surface area contributed by atoms with Gasteiger partial charge >= 0.3 is 6.03 Å². The summed E-state index contributed by atoms with van der Waals surface area (Å²) in [5.74, 6) is 1.19. The summed E-state index contributed by atoms with van der Waals surface area (Å²) in [6.07, 6.45) is 0.568. The lowest BCUT2D eigenvalue weighted by Gasteiger charge is -2.29. The molecule has 1 unspecified atom stereocenters. The number of fused-ring (bicyclic) bond motifs is 1. The van der Waals surface area contributed by atoms with E-state index in [1.165, 1.54) is 0 Å². The first-order chi connectivity index (χ1) is 16.4. The fourth-order valence-corrected chi connectivity index (χ4v) is 4.04. The van der Waals surface area contributed by atoms with Crippen molar-refractivity contribution in [2.75, 3.05) is 19.5 Å². The van der Waals surface area contributed by atoms with Crippen molar-refractivity contribution >= 4 is 22.6 Å². The van der Waals surface area contributed by atoms with E-state index in [0.29, 0.717) is 34.6 Å². The number of para-hydroxylation sites is 2. The summed E-state index contributed by atoms with van der Waals surface area (Å²) in [5, 5.41) is 3.49.